The van der Waals surface area contributed by atoms with Crippen LogP contribution in [0.1, 0.15) is 57.8 Å². The van der Waals surface area contributed by atoms with Crippen molar-refractivity contribution in [1.29, 1.82) is 0 Å². The van der Waals surface area contributed by atoms with E-state index in [1.54, 1.807) is 0 Å². The Morgan fingerprint density at radius 2 is 2.14 bits per heavy atom. The van der Waals surface area contributed by atoms with Crippen LogP contribution < -0.4 is 5.32 Å². The van der Waals surface area contributed by atoms with Crippen LogP contribution in [-0.2, 0) is 24.1 Å². The summed E-state index contributed by atoms with van der Waals surface area (Å²) in [6, 6.07) is 2.66. The number of methoxy groups -OCH3 is 1. The lowest BCUT2D eigenvalue weighted by Crippen LogP contribution is -2.57. The smallest absolute Gasteiger partial charge is 0.0834 e. The molecule has 0 radical (unpaired) electrons. The van der Waals surface area contributed by atoms with Crippen molar-refractivity contribution >= 4 is 0 Å². The van der Waals surface area contributed by atoms with Gasteiger partial charge >= 0.3 is 0 Å². The molecule has 2 rings (SSSR count). The van der Waals surface area contributed by atoms with Gasteiger partial charge in [-0.25, -0.2) is 0 Å². The average Bonchev–Trinajstić information content (AvgIpc) is 2.86. The molecule has 0 aliphatic heterocycles. The third kappa shape index (κ3) is 3.49. The number of rotatable bonds is 9. The molecule has 1 aliphatic rings. The van der Waals surface area contributed by atoms with E-state index >= 15 is 0 Å². The highest BCUT2D eigenvalue weighted by Crippen LogP contribution is 2.39. The predicted octanol–water partition coefficient (Wildman–Crippen LogP) is 2.95. The summed E-state index contributed by atoms with van der Waals surface area (Å²) in [4.78, 5) is 0. The Bertz CT molecular complexity index is 432. The van der Waals surface area contributed by atoms with Crippen LogP contribution in [0.4, 0.5) is 0 Å². The van der Waals surface area contributed by atoms with Gasteiger partial charge in [0.1, 0.15) is 0 Å². The maximum atomic E-state index is 5.92. The van der Waals surface area contributed by atoms with Crippen LogP contribution in [0, 0.1) is 0 Å². The topological polar surface area (TPSA) is 39.1 Å². The molecular weight excluding hydrogens is 262 g/mol. The summed E-state index contributed by atoms with van der Waals surface area (Å²) in [5.41, 5.74) is 2.57. The summed E-state index contributed by atoms with van der Waals surface area (Å²) < 4.78 is 8.07. The molecule has 4 nitrogen and oxygen atoms in total. The molecule has 1 aromatic heterocycles. The Labute approximate surface area is 129 Å². The monoisotopic (exact) mass is 293 g/mol. The quantitative estimate of drug-likeness (QED) is 0.761. The number of hydrogen-bond acceptors (Lipinski definition) is 3. The Hall–Kier alpha value is -0.870. The first-order valence-corrected chi connectivity index (χ1v) is 8.53. The van der Waals surface area contributed by atoms with E-state index in [1.807, 2.05) is 7.11 Å². The van der Waals surface area contributed by atoms with Gasteiger partial charge in [-0.3, -0.25) is 4.68 Å². The molecule has 1 aromatic rings. The number of nitrogens with one attached hydrogen (secondary N) is 1. The third-order valence-electron chi connectivity index (χ3n) is 4.87. The molecule has 120 valence electrons. The lowest BCUT2D eigenvalue weighted by atomic mass is 9.73. The van der Waals surface area contributed by atoms with Crippen LogP contribution in [0.5, 0.6) is 0 Å². The van der Waals surface area contributed by atoms with E-state index in [4.69, 9.17) is 4.74 Å². The minimum Gasteiger partial charge on any atom is -0.377 e. The molecule has 0 bridgehead atoms. The highest BCUT2D eigenvalue weighted by Gasteiger charge is 2.44. The zero-order valence-electron chi connectivity index (χ0n) is 14.1. The van der Waals surface area contributed by atoms with Crippen molar-refractivity contribution in [1.82, 2.24) is 15.1 Å². The standard InChI is InChI=1S/C17H31N3O/c1-5-11-18-16(17(21-4)9-8-10-17)13-15-12-14(6-2)19-20(15)7-3/h12,16,18H,5-11,13H2,1-4H3. The zero-order valence-corrected chi connectivity index (χ0v) is 14.1. The first-order valence-electron chi connectivity index (χ1n) is 8.53. The largest absolute Gasteiger partial charge is 0.377 e. The number of aryl methyl sites for hydroxylation is 2. The van der Waals surface area contributed by atoms with Gasteiger partial charge in [-0.05, 0) is 51.6 Å². The summed E-state index contributed by atoms with van der Waals surface area (Å²) in [7, 11) is 1.87. The van der Waals surface area contributed by atoms with Gasteiger partial charge < -0.3 is 10.1 Å². The summed E-state index contributed by atoms with van der Waals surface area (Å²) >= 11 is 0. The molecule has 1 fully saturated rings. The number of ether oxygens (including phenoxy) is 1. The molecule has 21 heavy (non-hydrogen) atoms. The van der Waals surface area contributed by atoms with Crippen LogP contribution in [0.25, 0.3) is 0 Å². The second-order valence-electron chi connectivity index (χ2n) is 6.13. The number of nitrogens with zero attached hydrogens (tertiary/aromatic N) is 2. The summed E-state index contributed by atoms with van der Waals surface area (Å²) in [6.07, 6.45) is 6.80. The van der Waals surface area contributed by atoms with Gasteiger partial charge in [0.05, 0.1) is 11.3 Å². The van der Waals surface area contributed by atoms with Crippen LogP contribution in [0.15, 0.2) is 6.07 Å². The van der Waals surface area contributed by atoms with Crippen molar-refractivity contribution in [3.05, 3.63) is 17.5 Å². The van der Waals surface area contributed by atoms with Crippen molar-refractivity contribution in [3.63, 3.8) is 0 Å². The van der Waals surface area contributed by atoms with Crippen LogP contribution in [-0.4, -0.2) is 35.1 Å². The molecule has 1 heterocycles. The average molecular weight is 293 g/mol. The predicted molar refractivity (Wildman–Crippen MR) is 86.7 cm³/mol. The number of hydrogen-bond donors (Lipinski definition) is 1. The van der Waals surface area contributed by atoms with E-state index in [-0.39, 0.29) is 5.60 Å². The van der Waals surface area contributed by atoms with E-state index in [0.717, 1.165) is 32.4 Å². The first-order chi connectivity index (χ1) is 10.2. The fourth-order valence-corrected chi connectivity index (χ4v) is 3.32. The normalized spacial score (nSPS) is 18.5. The maximum Gasteiger partial charge on any atom is 0.0834 e. The van der Waals surface area contributed by atoms with Crippen molar-refractivity contribution < 1.29 is 4.74 Å². The zero-order chi connectivity index (χ0) is 15.3. The van der Waals surface area contributed by atoms with E-state index < -0.39 is 0 Å². The molecular formula is C17H31N3O. The van der Waals surface area contributed by atoms with Gasteiger partial charge in [-0.2, -0.15) is 5.10 Å². The summed E-state index contributed by atoms with van der Waals surface area (Å²) in [6.45, 7) is 8.55. The highest BCUT2D eigenvalue weighted by atomic mass is 16.5. The van der Waals surface area contributed by atoms with Gasteiger partial charge in [0.15, 0.2) is 0 Å². The molecule has 0 amide bonds. The molecule has 0 spiro atoms. The fraction of sp³-hybridized carbons (Fsp3) is 0.824. The van der Waals surface area contributed by atoms with Gasteiger partial charge in [0, 0.05) is 31.8 Å². The minimum atomic E-state index is 0.0321. The fourth-order valence-electron chi connectivity index (χ4n) is 3.32. The van der Waals surface area contributed by atoms with Gasteiger partial charge in [0.25, 0.3) is 0 Å². The SMILES string of the molecule is CCCNC(Cc1cc(CC)nn1CC)C1(OC)CCC1. The van der Waals surface area contributed by atoms with Gasteiger partial charge in [-0.15, -0.1) is 0 Å². The molecule has 1 N–H and O–H groups in total. The first kappa shape index (κ1) is 16.5. The molecule has 1 atom stereocenters. The summed E-state index contributed by atoms with van der Waals surface area (Å²) in [5, 5.41) is 8.40. The van der Waals surface area contributed by atoms with Crippen molar-refractivity contribution in [2.24, 2.45) is 0 Å². The highest BCUT2D eigenvalue weighted by molar-refractivity contribution is 5.14. The molecule has 0 saturated heterocycles. The minimum absolute atomic E-state index is 0.0321. The Balaban J connectivity index is 2.16. The van der Waals surface area contributed by atoms with Crippen molar-refractivity contribution in [2.45, 2.75) is 77.5 Å². The van der Waals surface area contributed by atoms with Gasteiger partial charge in [-0.1, -0.05) is 13.8 Å². The van der Waals surface area contributed by atoms with Crippen LogP contribution >= 0.6 is 0 Å². The van der Waals surface area contributed by atoms with Crippen LogP contribution in [0.2, 0.25) is 0 Å². The van der Waals surface area contributed by atoms with E-state index in [0.29, 0.717) is 6.04 Å². The summed E-state index contributed by atoms with van der Waals surface area (Å²) in [5.74, 6) is 0. The lowest BCUT2D eigenvalue weighted by Gasteiger charge is -2.47. The van der Waals surface area contributed by atoms with E-state index in [2.05, 4.69) is 41.9 Å². The third-order valence-corrected chi connectivity index (χ3v) is 4.87. The Kier molecular flexibility index (Phi) is 5.82. The molecule has 1 saturated carbocycles. The van der Waals surface area contributed by atoms with Crippen molar-refractivity contribution in [2.75, 3.05) is 13.7 Å². The molecule has 4 heteroatoms. The van der Waals surface area contributed by atoms with E-state index in [1.165, 1.54) is 30.7 Å². The second-order valence-corrected chi connectivity index (χ2v) is 6.13. The molecule has 0 aromatic carbocycles. The molecule has 1 unspecified atom stereocenters. The Morgan fingerprint density at radius 1 is 1.38 bits per heavy atom. The van der Waals surface area contributed by atoms with Crippen molar-refractivity contribution in [3.8, 4) is 0 Å². The maximum absolute atomic E-state index is 5.92. The molecule has 1 aliphatic carbocycles. The lowest BCUT2D eigenvalue weighted by molar-refractivity contribution is -0.0983. The van der Waals surface area contributed by atoms with Gasteiger partial charge in [0.2, 0.25) is 0 Å². The Morgan fingerprint density at radius 3 is 2.62 bits per heavy atom. The van der Waals surface area contributed by atoms with Crippen LogP contribution in [0.3, 0.4) is 0 Å². The number of aromatic nitrogens is 2. The van der Waals surface area contributed by atoms with E-state index in [9.17, 15) is 0 Å². The second kappa shape index (κ2) is 7.41.